The van der Waals surface area contributed by atoms with Crippen molar-refractivity contribution >= 4 is 18.3 Å². The lowest BCUT2D eigenvalue weighted by Gasteiger charge is -2.22. The predicted octanol–water partition coefficient (Wildman–Crippen LogP) is 0.0952. The van der Waals surface area contributed by atoms with Crippen LogP contribution in [0, 0.1) is 0 Å². The Kier molecular flexibility index (Phi) is 4.84. The fourth-order valence-corrected chi connectivity index (χ4v) is 1.52. The Morgan fingerprint density at radius 3 is 2.50 bits per heavy atom. The molecular weight excluding hydrogens is 202 g/mol. The van der Waals surface area contributed by atoms with Crippen LogP contribution in [0.15, 0.2) is 0 Å². The summed E-state index contributed by atoms with van der Waals surface area (Å²) in [5.74, 6) is 0.125. The molecule has 1 aliphatic heterocycles. The van der Waals surface area contributed by atoms with Crippen LogP contribution < -0.4 is 11.5 Å². The van der Waals surface area contributed by atoms with E-state index in [0.717, 1.165) is 13.0 Å². The average molecular weight is 222 g/mol. The van der Waals surface area contributed by atoms with Gasteiger partial charge in [0.1, 0.15) is 0 Å². The molecule has 1 aliphatic rings. The third-order valence-electron chi connectivity index (χ3n) is 2.18. The molecule has 0 aromatic rings. The highest BCUT2D eigenvalue weighted by atomic mass is 35.5. The van der Waals surface area contributed by atoms with Crippen LogP contribution >= 0.6 is 12.4 Å². The number of halogens is 1. The molecule has 0 bridgehead atoms. The van der Waals surface area contributed by atoms with E-state index in [2.05, 4.69) is 0 Å². The first kappa shape index (κ1) is 13.7. The summed E-state index contributed by atoms with van der Waals surface area (Å²) in [5, 5.41) is 0. The van der Waals surface area contributed by atoms with E-state index in [9.17, 15) is 4.79 Å². The zero-order chi connectivity index (χ0) is 10.1. The maximum absolute atomic E-state index is 11.6. The van der Waals surface area contributed by atoms with Gasteiger partial charge in [0.2, 0.25) is 5.91 Å². The Morgan fingerprint density at radius 1 is 1.57 bits per heavy atom. The highest BCUT2D eigenvalue weighted by Gasteiger charge is 2.26. The van der Waals surface area contributed by atoms with Crippen LogP contribution in [0.2, 0.25) is 0 Å². The molecule has 0 aromatic heterocycles. The normalized spacial score (nSPS) is 22.0. The van der Waals surface area contributed by atoms with E-state index < -0.39 is 5.54 Å². The molecule has 0 aromatic carbocycles. The Labute approximate surface area is 91.4 Å². The second-order valence-corrected chi connectivity index (χ2v) is 4.55. The van der Waals surface area contributed by atoms with Gasteiger partial charge in [0.25, 0.3) is 0 Å². The summed E-state index contributed by atoms with van der Waals surface area (Å²) in [4.78, 5) is 13.4. The number of carbonyl (C=O) groups excluding carboxylic acids is 1. The number of rotatable bonds is 2. The van der Waals surface area contributed by atoms with Gasteiger partial charge in [-0.05, 0) is 20.3 Å². The minimum absolute atomic E-state index is 0. The molecule has 0 spiro atoms. The third kappa shape index (κ3) is 4.26. The highest BCUT2D eigenvalue weighted by Crippen LogP contribution is 2.12. The van der Waals surface area contributed by atoms with Gasteiger partial charge in [0, 0.05) is 31.1 Å². The van der Waals surface area contributed by atoms with Gasteiger partial charge in [0.05, 0.1) is 0 Å². The molecule has 14 heavy (non-hydrogen) atoms. The Hall–Kier alpha value is -0.320. The molecule has 1 heterocycles. The van der Waals surface area contributed by atoms with Crippen molar-refractivity contribution in [3.63, 3.8) is 0 Å². The molecule has 0 saturated carbocycles. The van der Waals surface area contributed by atoms with Gasteiger partial charge >= 0.3 is 0 Å². The number of likely N-dealkylation sites (tertiary alicyclic amines) is 1. The van der Waals surface area contributed by atoms with Crippen molar-refractivity contribution < 1.29 is 4.79 Å². The van der Waals surface area contributed by atoms with E-state index in [4.69, 9.17) is 11.5 Å². The topological polar surface area (TPSA) is 72.4 Å². The average Bonchev–Trinajstić information content (AvgIpc) is 2.31. The van der Waals surface area contributed by atoms with E-state index in [-0.39, 0.29) is 24.4 Å². The number of carbonyl (C=O) groups is 1. The molecule has 4 nitrogen and oxygen atoms in total. The molecule has 84 valence electrons. The van der Waals surface area contributed by atoms with E-state index in [1.165, 1.54) is 0 Å². The van der Waals surface area contributed by atoms with Crippen molar-refractivity contribution in [3.8, 4) is 0 Å². The van der Waals surface area contributed by atoms with E-state index in [1.54, 1.807) is 4.90 Å². The second-order valence-electron chi connectivity index (χ2n) is 4.55. The molecule has 1 saturated heterocycles. The van der Waals surface area contributed by atoms with Crippen molar-refractivity contribution in [1.82, 2.24) is 4.90 Å². The lowest BCUT2D eigenvalue weighted by Crippen LogP contribution is -2.41. The lowest BCUT2D eigenvalue weighted by molar-refractivity contribution is -0.131. The minimum atomic E-state index is -0.413. The van der Waals surface area contributed by atoms with Crippen LogP contribution in [0.1, 0.15) is 26.7 Å². The SMILES string of the molecule is CC(C)(N)CC(=O)N1CC[C@@H](N)C1.Cl. The zero-order valence-electron chi connectivity index (χ0n) is 8.82. The molecule has 4 N–H and O–H groups in total. The van der Waals surface area contributed by atoms with Gasteiger partial charge in [-0.2, -0.15) is 0 Å². The Bertz CT molecular complexity index is 203. The smallest absolute Gasteiger partial charge is 0.224 e. The van der Waals surface area contributed by atoms with E-state index in [1.807, 2.05) is 13.8 Å². The number of nitrogens with zero attached hydrogens (tertiary/aromatic N) is 1. The molecule has 0 aliphatic carbocycles. The molecule has 0 unspecified atom stereocenters. The van der Waals surface area contributed by atoms with Gasteiger partial charge < -0.3 is 16.4 Å². The first-order valence-corrected chi connectivity index (χ1v) is 4.71. The predicted molar refractivity (Wildman–Crippen MR) is 59.3 cm³/mol. The van der Waals surface area contributed by atoms with Crippen LogP contribution in [-0.4, -0.2) is 35.5 Å². The van der Waals surface area contributed by atoms with Crippen molar-refractivity contribution in [1.29, 1.82) is 0 Å². The van der Waals surface area contributed by atoms with Gasteiger partial charge in [-0.15, -0.1) is 12.4 Å². The molecule has 0 radical (unpaired) electrons. The summed E-state index contributed by atoms with van der Waals surface area (Å²) in [7, 11) is 0. The third-order valence-corrected chi connectivity index (χ3v) is 2.18. The molecule has 1 rings (SSSR count). The summed E-state index contributed by atoms with van der Waals surface area (Å²) in [6.07, 6.45) is 1.32. The largest absolute Gasteiger partial charge is 0.341 e. The van der Waals surface area contributed by atoms with E-state index >= 15 is 0 Å². The lowest BCUT2D eigenvalue weighted by atomic mass is 10.0. The highest BCUT2D eigenvalue weighted by molar-refractivity contribution is 5.85. The number of hydrogen-bond donors (Lipinski definition) is 2. The Morgan fingerprint density at radius 2 is 2.14 bits per heavy atom. The number of nitrogens with two attached hydrogens (primary N) is 2. The summed E-state index contributed by atoms with van der Waals surface area (Å²) < 4.78 is 0. The first-order valence-electron chi connectivity index (χ1n) is 4.71. The number of amides is 1. The minimum Gasteiger partial charge on any atom is -0.341 e. The first-order chi connectivity index (χ1) is 5.88. The van der Waals surface area contributed by atoms with Crippen molar-refractivity contribution in [2.45, 2.75) is 38.3 Å². The van der Waals surface area contributed by atoms with Crippen molar-refractivity contribution in [3.05, 3.63) is 0 Å². The van der Waals surface area contributed by atoms with Crippen LogP contribution in [0.3, 0.4) is 0 Å². The van der Waals surface area contributed by atoms with Crippen LogP contribution in [0.4, 0.5) is 0 Å². The van der Waals surface area contributed by atoms with Gasteiger partial charge in [-0.3, -0.25) is 4.79 Å². The van der Waals surface area contributed by atoms with Crippen LogP contribution in [-0.2, 0) is 4.79 Å². The maximum atomic E-state index is 11.6. The summed E-state index contributed by atoms with van der Waals surface area (Å²) in [6, 6.07) is 0.157. The fourth-order valence-electron chi connectivity index (χ4n) is 1.52. The van der Waals surface area contributed by atoms with Gasteiger partial charge in [0.15, 0.2) is 0 Å². The molecule has 1 atom stereocenters. The quantitative estimate of drug-likeness (QED) is 0.695. The summed E-state index contributed by atoms with van der Waals surface area (Å²) in [5.41, 5.74) is 11.0. The zero-order valence-corrected chi connectivity index (χ0v) is 9.64. The van der Waals surface area contributed by atoms with E-state index in [0.29, 0.717) is 13.0 Å². The summed E-state index contributed by atoms with van der Waals surface area (Å²) in [6.45, 7) is 5.20. The maximum Gasteiger partial charge on any atom is 0.224 e. The van der Waals surface area contributed by atoms with Crippen molar-refractivity contribution in [2.75, 3.05) is 13.1 Å². The van der Waals surface area contributed by atoms with Gasteiger partial charge in [-0.1, -0.05) is 0 Å². The fraction of sp³-hybridized carbons (Fsp3) is 0.889. The summed E-state index contributed by atoms with van der Waals surface area (Å²) >= 11 is 0. The van der Waals surface area contributed by atoms with Crippen LogP contribution in [0.25, 0.3) is 0 Å². The number of hydrogen-bond acceptors (Lipinski definition) is 3. The van der Waals surface area contributed by atoms with Crippen LogP contribution in [0.5, 0.6) is 0 Å². The second kappa shape index (κ2) is 4.96. The molecule has 1 fully saturated rings. The Balaban J connectivity index is 0.00000169. The molecule has 1 amide bonds. The molecular formula is C9H20ClN3O. The van der Waals surface area contributed by atoms with Gasteiger partial charge in [-0.25, -0.2) is 0 Å². The monoisotopic (exact) mass is 221 g/mol. The van der Waals surface area contributed by atoms with Crippen molar-refractivity contribution in [2.24, 2.45) is 11.5 Å². The molecule has 5 heteroatoms. The standard InChI is InChI=1S/C9H19N3O.ClH/c1-9(2,11)5-8(13)12-4-3-7(10)6-12;/h7H,3-6,10-11H2,1-2H3;1H/t7-;/m1./s1.